The van der Waals surface area contributed by atoms with Crippen LogP contribution >= 0.6 is 23.2 Å². The van der Waals surface area contributed by atoms with Crippen LogP contribution in [0.5, 0.6) is 0 Å². The van der Waals surface area contributed by atoms with Crippen molar-refractivity contribution in [1.82, 2.24) is 19.8 Å². The molecule has 1 aromatic carbocycles. The van der Waals surface area contributed by atoms with Crippen LogP contribution in [0.25, 0.3) is 0 Å². The maximum Gasteiger partial charge on any atom is 0.231 e. The van der Waals surface area contributed by atoms with Gasteiger partial charge >= 0.3 is 0 Å². The summed E-state index contributed by atoms with van der Waals surface area (Å²) in [5, 5.41) is 0.955. The molecule has 2 heterocycles. The molecular formula is C25H30Cl2FN5O. The Morgan fingerprint density at radius 1 is 1.18 bits per heavy atom. The third kappa shape index (κ3) is 4.62. The molecule has 1 saturated heterocycles. The maximum absolute atomic E-state index is 14.4. The second-order valence-electron chi connectivity index (χ2n) is 9.81. The number of likely N-dealkylation sites (N-methyl/N-ethyl adjacent to an activating group) is 1. The molecule has 0 N–H and O–H groups in total. The van der Waals surface area contributed by atoms with Crippen molar-refractivity contribution >= 4 is 34.9 Å². The highest BCUT2D eigenvalue weighted by Crippen LogP contribution is 2.44. The van der Waals surface area contributed by atoms with Gasteiger partial charge in [-0.25, -0.2) is 14.4 Å². The van der Waals surface area contributed by atoms with E-state index in [0.717, 1.165) is 16.9 Å². The fourth-order valence-corrected chi connectivity index (χ4v) is 5.59. The van der Waals surface area contributed by atoms with E-state index in [2.05, 4.69) is 26.8 Å². The Balaban J connectivity index is 1.32. The van der Waals surface area contributed by atoms with Gasteiger partial charge in [0.2, 0.25) is 5.91 Å². The standard InChI is InChI=1S/C25H30Cl2FN5O/c1-15-11-21(28)23-22(15)24(30-14-29-23)32-7-9-33(10-8-32)25(34)18(13-31(2)17-4-5-17)16-3-6-19(26)20(27)12-16/h3,6,12,14-15,17-18,21H,4-5,7-11,13H2,1-2H3/t15-,18-,21+/m1/s1. The molecule has 2 aliphatic carbocycles. The number of aromatic nitrogens is 2. The van der Waals surface area contributed by atoms with Gasteiger partial charge in [0.1, 0.15) is 18.3 Å². The van der Waals surface area contributed by atoms with Crippen LogP contribution in [-0.4, -0.2) is 71.5 Å². The Kier molecular flexibility index (Phi) is 6.70. The Morgan fingerprint density at radius 3 is 2.59 bits per heavy atom. The number of nitrogens with zero attached hydrogens (tertiary/aromatic N) is 5. The number of carbonyl (C=O) groups is 1. The summed E-state index contributed by atoms with van der Waals surface area (Å²) in [7, 11) is 2.09. The molecule has 1 saturated carbocycles. The lowest BCUT2D eigenvalue weighted by Crippen LogP contribution is -2.51. The molecule has 0 spiro atoms. The van der Waals surface area contributed by atoms with E-state index >= 15 is 0 Å². The quantitative estimate of drug-likeness (QED) is 0.562. The van der Waals surface area contributed by atoms with E-state index in [1.165, 1.54) is 19.2 Å². The van der Waals surface area contributed by atoms with Crippen molar-refractivity contribution in [2.24, 2.45) is 0 Å². The molecule has 1 amide bonds. The summed E-state index contributed by atoms with van der Waals surface area (Å²) in [6, 6.07) is 6.05. The molecule has 5 rings (SSSR count). The molecule has 182 valence electrons. The number of anilines is 1. The minimum Gasteiger partial charge on any atom is -0.353 e. The topological polar surface area (TPSA) is 52.6 Å². The minimum absolute atomic E-state index is 0.0952. The van der Waals surface area contributed by atoms with Crippen molar-refractivity contribution in [2.45, 2.75) is 50.2 Å². The van der Waals surface area contributed by atoms with E-state index < -0.39 is 6.17 Å². The number of amides is 1. The van der Waals surface area contributed by atoms with Crippen LogP contribution in [0.2, 0.25) is 10.0 Å². The van der Waals surface area contributed by atoms with Crippen molar-refractivity contribution in [3.63, 3.8) is 0 Å². The van der Waals surface area contributed by atoms with Gasteiger partial charge in [0.05, 0.1) is 21.7 Å². The lowest BCUT2D eigenvalue weighted by molar-refractivity contribution is -0.133. The maximum atomic E-state index is 14.4. The van der Waals surface area contributed by atoms with E-state index in [4.69, 9.17) is 23.2 Å². The highest BCUT2D eigenvalue weighted by Gasteiger charge is 2.37. The first kappa shape index (κ1) is 23.8. The van der Waals surface area contributed by atoms with Crippen LogP contribution < -0.4 is 4.90 Å². The van der Waals surface area contributed by atoms with E-state index in [9.17, 15) is 9.18 Å². The highest BCUT2D eigenvalue weighted by atomic mass is 35.5. The number of hydrogen-bond acceptors (Lipinski definition) is 5. The number of halogens is 3. The Morgan fingerprint density at radius 2 is 1.91 bits per heavy atom. The van der Waals surface area contributed by atoms with Crippen molar-refractivity contribution in [3.8, 4) is 0 Å². The summed E-state index contributed by atoms with van der Waals surface area (Å²) >= 11 is 12.4. The zero-order chi connectivity index (χ0) is 24.0. The summed E-state index contributed by atoms with van der Waals surface area (Å²) < 4.78 is 14.4. The number of alkyl halides is 1. The lowest BCUT2D eigenvalue weighted by atomic mass is 9.96. The number of fused-ring (bicyclic) bond motifs is 1. The molecular weight excluding hydrogens is 476 g/mol. The van der Waals surface area contributed by atoms with Gasteiger partial charge in [-0.3, -0.25) is 4.79 Å². The Labute approximate surface area is 210 Å². The lowest BCUT2D eigenvalue weighted by Gasteiger charge is -2.38. The van der Waals surface area contributed by atoms with Gasteiger partial charge < -0.3 is 14.7 Å². The van der Waals surface area contributed by atoms with Gasteiger partial charge in [-0.2, -0.15) is 0 Å². The van der Waals surface area contributed by atoms with Crippen molar-refractivity contribution in [1.29, 1.82) is 0 Å². The number of benzene rings is 1. The molecule has 9 heteroatoms. The van der Waals surface area contributed by atoms with E-state index in [1.807, 2.05) is 24.0 Å². The molecule has 0 unspecified atom stereocenters. The van der Waals surface area contributed by atoms with Crippen molar-refractivity contribution in [2.75, 3.05) is 44.7 Å². The van der Waals surface area contributed by atoms with E-state index in [-0.39, 0.29) is 17.7 Å². The van der Waals surface area contributed by atoms with Crippen LogP contribution in [0.1, 0.15) is 61.0 Å². The number of rotatable bonds is 6. The molecule has 0 bridgehead atoms. The van der Waals surface area contributed by atoms with Gasteiger partial charge in [-0.05, 0) is 49.9 Å². The molecule has 3 atom stereocenters. The smallest absolute Gasteiger partial charge is 0.231 e. The molecule has 6 nitrogen and oxygen atoms in total. The second kappa shape index (κ2) is 9.59. The third-order valence-electron chi connectivity index (χ3n) is 7.42. The monoisotopic (exact) mass is 505 g/mol. The highest BCUT2D eigenvalue weighted by molar-refractivity contribution is 6.42. The number of hydrogen-bond donors (Lipinski definition) is 0. The second-order valence-corrected chi connectivity index (χ2v) is 10.6. The van der Waals surface area contributed by atoms with Crippen molar-refractivity contribution in [3.05, 3.63) is 51.4 Å². The SMILES string of the molecule is C[C@@H]1C[C@H](F)c2ncnc(N3CCN(C(=O)[C@H](CN(C)C4CC4)c4ccc(Cl)c(Cl)c4)CC3)c21. The van der Waals surface area contributed by atoms with Crippen LogP contribution in [0, 0.1) is 0 Å². The van der Waals surface area contributed by atoms with Crippen LogP contribution in [0.3, 0.4) is 0 Å². The van der Waals surface area contributed by atoms with Gasteiger partial charge in [0.25, 0.3) is 0 Å². The Bertz CT molecular complexity index is 1070. The Hall–Kier alpha value is -1.96. The first-order valence-corrected chi connectivity index (χ1v) is 12.8. The molecule has 2 aromatic rings. The molecule has 1 aliphatic heterocycles. The number of piperazine rings is 1. The summed E-state index contributed by atoms with van der Waals surface area (Å²) in [6.07, 6.45) is 3.26. The summed E-state index contributed by atoms with van der Waals surface area (Å²) in [5.74, 6) is 0.718. The van der Waals surface area contributed by atoms with Gasteiger partial charge in [0.15, 0.2) is 0 Å². The third-order valence-corrected chi connectivity index (χ3v) is 8.16. The molecule has 34 heavy (non-hydrogen) atoms. The minimum atomic E-state index is -1.02. The van der Waals surface area contributed by atoms with E-state index in [0.29, 0.717) is 60.9 Å². The zero-order valence-electron chi connectivity index (χ0n) is 19.6. The average molecular weight is 506 g/mol. The summed E-state index contributed by atoms with van der Waals surface area (Å²) in [4.78, 5) is 28.8. The van der Waals surface area contributed by atoms with Gasteiger partial charge in [-0.15, -0.1) is 0 Å². The van der Waals surface area contributed by atoms with Crippen LogP contribution in [-0.2, 0) is 4.79 Å². The predicted octanol–water partition coefficient (Wildman–Crippen LogP) is 4.83. The van der Waals surface area contributed by atoms with Crippen LogP contribution in [0.15, 0.2) is 24.5 Å². The van der Waals surface area contributed by atoms with Crippen LogP contribution in [0.4, 0.5) is 10.2 Å². The molecule has 1 aromatic heterocycles. The summed E-state index contributed by atoms with van der Waals surface area (Å²) in [6.45, 7) is 5.18. The normalized spacial score (nSPS) is 23.4. The fraction of sp³-hybridized carbons (Fsp3) is 0.560. The number of carbonyl (C=O) groups excluding carboxylic acids is 1. The molecule has 3 aliphatic rings. The fourth-order valence-electron chi connectivity index (χ4n) is 5.28. The molecule has 0 radical (unpaired) electrons. The average Bonchev–Trinajstić information content (AvgIpc) is 3.65. The first-order chi connectivity index (χ1) is 16.3. The zero-order valence-corrected chi connectivity index (χ0v) is 21.1. The predicted molar refractivity (Wildman–Crippen MR) is 133 cm³/mol. The van der Waals surface area contributed by atoms with E-state index in [1.54, 1.807) is 6.07 Å². The largest absolute Gasteiger partial charge is 0.353 e. The molecule has 2 fully saturated rings. The van der Waals surface area contributed by atoms with Gasteiger partial charge in [-0.1, -0.05) is 36.2 Å². The van der Waals surface area contributed by atoms with Gasteiger partial charge in [0, 0.05) is 44.3 Å². The first-order valence-electron chi connectivity index (χ1n) is 12.0. The summed E-state index contributed by atoms with van der Waals surface area (Å²) in [5.41, 5.74) is 2.35. The van der Waals surface area contributed by atoms with Crippen molar-refractivity contribution < 1.29 is 9.18 Å².